The van der Waals surface area contributed by atoms with E-state index in [1.165, 1.54) is 6.92 Å². The average molecular weight is 301 g/mol. The normalized spacial score (nSPS) is 26.8. The third-order valence-electron chi connectivity index (χ3n) is 4.86. The number of benzene rings is 1. The van der Waals surface area contributed by atoms with Crippen molar-refractivity contribution in [3.05, 3.63) is 35.9 Å². The standard InChI is InChI=1S/C16H22F3NO/c1-3-14(2,21)15(16(17,18)19)9-10-20(12-15)11-13-7-5-4-6-8-13/h4-8,21H,3,9-12H2,1-2H3. The number of likely N-dealkylation sites (tertiary alicyclic amines) is 1. The van der Waals surface area contributed by atoms with E-state index in [1.54, 1.807) is 11.8 Å². The minimum absolute atomic E-state index is 0.0514. The van der Waals surface area contributed by atoms with Gasteiger partial charge in [-0.25, -0.2) is 0 Å². The lowest BCUT2D eigenvalue weighted by atomic mass is 9.70. The maximum atomic E-state index is 13.6. The monoisotopic (exact) mass is 301 g/mol. The molecule has 2 atom stereocenters. The Labute approximate surface area is 123 Å². The van der Waals surface area contributed by atoms with Gasteiger partial charge in [0.2, 0.25) is 0 Å². The number of halogens is 3. The van der Waals surface area contributed by atoms with E-state index >= 15 is 0 Å². The second-order valence-electron chi connectivity index (χ2n) is 6.15. The molecule has 0 aromatic heterocycles. The molecule has 1 N–H and O–H groups in total. The van der Waals surface area contributed by atoms with Gasteiger partial charge in [-0.3, -0.25) is 4.90 Å². The highest BCUT2D eigenvalue weighted by Crippen LogP contribution is 2.53. The Morgan fingerprint density at radius 3 is 2.38 bits per heavy atom. The molecule has 0 radical (unpaired) electrons. The first-order valence-corrected chi connectivity index (χ1v) is 7.27. The number of hydrogen-bond donors (Lipinski definition) is 1. The summed E-state index contributed by atoms with van der Waals surface area (Å²) >= 11 is 0. The molecule has 2 nitrogen and oxygen atoms in total. The largest absolute Gasteiger partial charge is 0.398 e. The summed E-state index contributed by atoms with van der Waals surface area (Å²) in [7, 11) is 0. The summed E-state index contributed by atoms with van der Waals surface area (Å²) in [5.41, 5.74) is -2.79. The molecule has 1 aliphatic heterocycles. The summed E-state index contributed by atoms with van der Waals surface area (Å²) in [6.07, 6.45) is -4.37. The van der Waals surface area contributed by atoms with E-state index in [2.05, 4.69) is 0 Å². The molecule has 0 aliphatic carbocycles. The van der Waals surface area contributed by atoms with Gasteiger partial charge in [-0.15, -0.1) is 0 Å². The van der Waals surface area contributed by atoms with Gasteiger partial charge in [0.05, 0.1) is 5.60 Å². The number of rotatable bonds is 4. The van der Waals surface area contributed by atoms with E-state index in [0.717, 1.165) is 5.56 Å². The molecular formula is C16H22F3NO. The van der Waals surface area contributed by atoms with Crippen LogP contribution in [0.2, 0.25) is 0 Å². The van der Waals surface area contributed by atoms with Gasteiger partial charge in [0.25, 0.3) is 0 Å². The van der Waals surface area contributed by atoms with Gasteiger partial charge < -0.3 is 5.11 Å². The number of hydrogen-bond acceptors (Lipinski definition) is 2. The maximum Gasteiger partial charge on any atom is 0.398 e. The summed E-state index contributed by atoms with van der Waals surface area (Å²) in [6.45, 7) is 3.61. The second kappa shape index (κ2) is 5.61. The molecule has 1 heterocycles. The van der Waals surface area contributed by atoms with Crippen LogP contribution in [0.4, 0.5) is 13.2 Å². The zero-order valence-electron chi connectivity index (χ0n) is 12.5. The van der Waals surface area contributed by atoms with Crippen LogP contribution in [0.25, 0.3) is 0 Å². The lowest BCUT2D eigenvalue weighted by molar-refractivity contribution is -0.276. The zero-order chi connectivity index (χ0) is 15.7. The molecule has 2 unspecified atom stereocenters. The summed E-state index contributed by atoms with van der Waals surface area (Å²) in [5.74, 6) is 0. The molecule has 1 saturated heterocycles. The molecule has 0 bridgehead atoms. The van der Waals surface area contributed by atoms with Crippen LogP contribution in [0.15, 0.2) is 30.3 Å². The third kappa shape index (κ3) is 2.94. The first-order chi connectivity index (χ1) is 9.72. The predicted octanol–water partition coefficient (Wildman–Crippen LogP) is 3.60. The lowest BCUT2D eigenvalue weighted by Gasteiger charge is -2.43. The Morgan fingerprint density at radius 1 is 1.24 bits per heavy atom. The molecule has 21 heavy (non-hydrogen) atoms. The summed E-state index contributed by atoms with van der Waals surface area (Å²) in [6, 6.07) is 9.46. The van der Waals surface area contributed by atoms with Crippen molar-refractivity contribution in [2.24, 2.45) is 5.41 Å². The Hall–Kier alpha value is -1.07. The third-order valence-corrected chi connectivity index (χ3v) is 4.86. The van der Waals surface area contributed by atoms with Crippen molar-refractivity contribution in [1.82, 2.24) is 4.90 Å². The molecule has 1 aromatic rings. The van der Waals surface area contributed by atoms with E-state index in [-0.39, 0.29) is 19.4 Å². The van der Waals surface area contributed by atoms with E-state index < -0.39 is 17.2 Å². The van der Waals surface area contributed by atoms with Crippen LogP contribution in [0.3, 0.4) is 0 Å². The van der Waals surface area contributed by atoms with Gasteiger partial charge in [0, 0.05) is 13.1 Å². The number of aliphatic hydroxyl groups is 1. The Kier molecular flexibility index (Phi) is 4.36. The summed E-state index contributed by atoms with van der Waals surface area (Å²) in [4.78, 5) is 1.78. The van der Waals surface area contributed by atoms with E-state index in [1.807, 2.05) is 30.3 Å². The molecule has 5 heteroatoms. The van der Waals surface area contributed by atoms with Crippen molar-refractivity contribution in [2.45, 2.75) is 45.0 Å². The molecule has 0 amide bonds. The van der Waals surface area contributed by atoms with Gasteiger partial charge in [-0.1, -0.05) is 37.3 Å². The predicted molar refractivity (Wildman–Crippen MR) is 75.7 cm³/mol. The SMILES string of the molecule is CCC(C)(O)C1(C(F)(F)F)CCN(Cc2ccccc2)C1. The van der Waals surface area contributed by atoms with Crippen LogP contribution >= 0.6 is 0 Å². The average Bonchev–Trinajstić information content (AvgIpc) is 2.85. The maximum absolute atomic E-state index is 13.6. The molecule has 1 aromatic carbocycles. The van der Waals surface area contributed by atoms with Crippen LogP contribution in [0.1, 0.15) is 32.3 Å². The van der Waals surface area contributed by atoms with E-state index in [0.29, 0.717) is 13.1 Å². The first-order valence-electron chi connectivity index (χ1n) is 7.27. The number of nitrogens with zero attached hydrogens (tertiary/aromatic N) is 1. The molecular weight excluding hydrogens is 279 g/mol. The van der Waals surface area contributed by atoms with Crippen molar-refractivity contribution < 1.29 is 18.3 Å². The van der Waals surface area contributed by atoms with Gasteiger partial charge in [-0.2, -0.15) is 13.2 Å². The highest BCUT2D eigenvalue weighted by Gasteiger charge is 2.65. The van der Waals surface area contributed by atoms with Crippen LogP contribution in [-0.4, -0.2) is 34.9 Å². The van der Waals surface area contributed by atoms with E-state index in [4.69, 9.17) is 0 Å². The quantitative estimate of drug-likeness (QED) is 0.918. The molecule has 0 saturated carbocycles. The minimum Gasteiger partial charge on any atom is -0.389 e. The van der Waals surface area contributed by atoms with Crippen LogP contribution in [0, 0.1) is 5.41 Å². The van der Waals surface area contributed by atoms with Crippen LogP contribution in [0.5, 0.6) is 0 Å². The minimum atomic E-state index is -4.40. The second-order valence-corrected chi connectivity index (χ2v) is 6.15. The highest BCUT2D eigenvalue weighted by atomic mass is 19.4. The topological polar surface area (TPSA) is 23.5 Å². The molecule has 1 fully saturated rings. The summed E-state index contributed by atoms with van der Waals surface area (Å²) < 4.78 is 40.9. The van der Waals surface area contributed by atoms with Crippen molar-refractivity contribution in [3.8, 4) is 0 Å². The van der Waals surface area contributed by atoms with Crippen LogP contribution in [-0.2, 0) is 6.54 Å². The van der Waals surface area contributed by atoms with Gasteiger partial charge in [-0.05, 0) is 31.9 Å². The van der Waals surface area contributed by atoms with Crippen molar-refractivity contribution >= 4 is 0 Å². The molecule has 2 rings (SSSR count). The molecule has 0 spiro atoms. The van der Waals surface area contributed by atoms with Gasteiger partial charge in [0.15, 0.2) is 0 Å². The van der Waals surface area contributed by atoms with Gasteiger partial charge >= 0.3 is 6.18 Å². The van der Waals surface area contributed by atoms with Crippen molar-refractivity contribution in [1.29, 1.82) is 0 Å². The van der Waals surface area contributed by atoms with Crippen LogP contribution < -0.4 is 0 Å². The smallest absolute Gasteiger partial charge is 0.389 e. The van der Waals surface area contributed by atoms with Crippen molar-refractivity contribution in [2.75, 3.05) is 13.1 Å². The fourth-order valence-electron chi connectivity index (χ4n) is 3.18. The Bertz CT molecular complexity index is 472. The fourth-order valence-corrected chi connectivity index (χ4v) is 3.18. The fraction of sp³-hybridized carbons (Fsp3) is 0.625. The Balaban J connectivity index is 2.20. The van der Waals surface area contributed by atoms with Gasteiger partial charge in [0.1, 0.15) is 5.41 Å². The summed E-state index contributed by atoms with van der Waals surface area (Å²) in [5, 5.41) is 10.3. The number of alkyl halides is 3. The first kappa shape index (κ1) is 16.3. The zero-order valence-corrected chi connectivity index (χ0v) is 12.5. The highest BCUT2D eigenvalue weighted by molar-refractivity contribution is 5.15. The van der Waals surface area contributed by atoms with E-state index in [9.17, 15) is 18.3 Å². The molecule has 118 valence electrons. The van der Waals surface area contributed by atoms with Crippen molar-refractivity contribution in [3.63, 3.8) is 0 Å². The lowest BCUT2D eigenvalue weighted by Crippen LogP contribution is -2.56. The molecule has 1 aliphatic rings. The Morgan fingerprint density at radius 2 is 1.86 bits per heavy atom.